The highest BCUT2D eigenvalue weighted by atomic mass is 19.1. The molecule has 2 bridgehead atoms. The summed E-state index contributed by atoms with van der Waals surface area (Å²) in [6.45, 7) is 6.98. The lowest BCUT2D eigenvalue weighted by molar-refractivity contribution is 0.0484. The summed E-state index contributed by atoms with van der Waals surface area (Å²) in [5, 5.41) is 5.50. The van der Waals surface area contributed by atoms with Crippen LogP contribution in [0.3, 0.4) is 0 Å². The molecule has 0 spiro atoms. The Labute approximate surface area is 302 Å². The smallest absolute Gasteiger partial charge is 0.409 e. The second kappa shape index (κ2) is 13.9. The van der Waals surface area contributed by atoms with Crippen LogP contribution in [0.4, 0.5) is 19.4 Å². The third kappa shape index (κ3) is 6.05. The molecule has 4 aliphatic rings. The molecule has 4 atom stereocenters. The van der Waals surface area contributed by atoms with E-state index in [0.717, 1.165) is 50.5 Å². The summed E-state index contributed by atoms with van der Waals surface area (Å²) >= 11 is 0. The molecule has 8 rings (SSSR count). The van der Waals surface area contributed by atoms with Gasteiger partial charge in [-0.15, -0.1) is 0 Å². The Balaban J connectivity index is 1.22. The molecule has 1 N–H and O–H groups in total. The van der Waals surface area contributed by atoms with Crippen LogP contribution >= 0.6 is 0 Å². The van der Waals surface area contributed by atoms with Crippen molar-refractivity contribution < 1.29 is 27.8 Å². The van der Waals surface area contributed by atoms with E-state index in [9.17, 15) is 4.79 Å². The van der Waals surface area contributed by atoms with Crippen LogP contribution in [0.25, 0.3) is 32.9 Å². The van der Waals surface area contributed by atoms with Crippen molar-refractivity contribution >= 4 is 33.6 Å². The molecule has 52 heavy (non-hydrogen) atoms. The molecule has 13 heteroatoms. The molecule has 4 fully saturated rings. The summed E-state index contributed by atoms with van der Waals surface area (Å²) in [5.41, 5.74) is 0.826. The fraction of sp³-hybridized carbons (Fsp3) is 0.538. The number of pyridine rings is 1. The lowest BCUT2D eigenvalue weighted by atomic mass is 9.95. The van der Waals surface area contributed by atoms with Crippen molar-refractivity contribution in [3.05, 3.63) is 47.5 Å². The van der Waals surface area contributed by atoms with Gasteiger partial charge in [-0.25, -0.2) is 18.6 Å². The summed E-state index contributed by atoms with van der Waals surface area (Å²) in [6.07, 6.45) is 5.89. The first-order valence-electron chi connectivity index (χ1n) is 18.7. The van der Waals surface area contributed by atoms with Gasteiger partial charge in [-0.1, -0.05) is 31.2 Å². The molecule has 2 unspecified atom stereocenters. The number of carbonyl (C=O) groups is 1. The van der Waals surface area contributed by atoms with E-state index in [-0.39, 0.29) is 46.6 Å². The average molecular weight is 716 g/mol. The van der Waals surface area contributed by atoms with Gasteiger partial charge in [-0.3, -0.25) is 4.90 Å². The van der Waals surface area contributed by atoms with Crippen LogP contribution in [-0.2, 0) is 11.2 Å². The molecule has 4 aromatic rings. The van der Waals surface area contributed by atoms with E-state index in [4.69, 9.17) is 29.2 Å². The molecular weight excluding hydrogens is 668 g/mol. The zero-order chi connectivity index (χ0) is 36.1. The van der Waals surface area contributed by atoms with Gasteiger partial charge in [0.25, 0.3) is 0 Å². The Hall–Kier alpha value is -4.36. The van der Waals surface area contributed by atoms with Crippen LogP contribution in [0.2, 0.25) is 0 Å². The fourth-order valence-electron chi connectivity index (χ4n) is 9.04. The zero-order valence-corrected chi connectivity index (χ0v) is 30.4. The van der Waals surface area contributed by atoms with Crippen molar-refractivity contribution in [2.24, 2.45) is 0 Å². The molecule has 11 nitrogen and oxygen atoms in total. The van der Waals surface area contributed by atoms with E-state index in [2.05, 4.69) is 15.1 Å². The van der Waals surface area contributed by atoms with Gasteiger partial charge in [0, 0.05) is 50.9 Å². The third-order valence-corrected chi connectivity index (χ3v) is 11.5. The molecule has 0 aliphatic carbocycles. The van der Waals surface area contributed by atoms with Gasteiger partial charge in [0.1, 0.15) is 41.4 Å². The number of aryl methyl sites for hydroxylation is 1. The van der Waals surface area contributed by atoms with Crippen molar-refractivity contribution in [2.75, 3.05) is 58.5 Å². The highest BCUT2D eigenvalue weighted by molar-refractivity contribution is 6.02. The number of nitrogens with one attached hydrogen (secondary N) is 1. The van der Waals surface area contributed by atoms with E-state index in [0.29, 0.717) is 79.1 Å². The molecular formula is C39H47F2N7O4. The minimum absolute atomic E-state index is 0.0456. The van der Waals surface area contributed by atoms with Crippen molar-refractivity contribution in [1.29, 1.82) is 0 Å². The molecule has 2 aromatic heterocycles. The maximum atomic E-state index is 17.3. The summed E-state index contributed by atoms with van der Waals surface area (Å²) in [5.74, 6) is -0.196. The number of piperazine rings is 1. The number of fused-ring (bicyclic) bond motifs is 5. The van der Waals surface area contributed by atoms with Gasteiger partial charge in [0.15, 0.2) is 5.82 Å². The average Bonchev–Trinajstić information content (AvgIpc) is 3.82. The van der Waals surface area contributed by atoms with Crippen molar-refractivity contribution in [1.82, 2.24) is 30.1 Å². The standard InChI is InChI=1S/C39H47F2N7O4/c1-5-27-29(40)14-11-23-9-7-10-28(30(23)27)33-32(41)34-31(36(43-33)50-6-2)35(47-19-24-12-13-25(20-47)42-24)45-37(44-34)52-22-39-16-8-18-48(39)26(15-17-39)21-51-38(49)46(3)4/h7,9-11,14,24-26,42H,5-6,8,12-13,15-22H2,1-4H3/t24?,25?,26-,39-/m1/s1. The number of benzene rings is 2. The Morgan fingerprint density at radius 1 is 1.00 bits per heavy atom. The van der Waals surface area contributed by atoms with Crippen molar-refractivity contribution in [3.63, 3.8) is 0 Å². The Bertz CT molecular complexity index is 2000. The number of carbonyl (C=O) groups excluding carboxylic acids is 1. The predicted octanol–water partition coefficient (Wildman–Crippen LogP) is 6.10. The lowest BCUT2D eigenvalue weighted by Crippen LogP contribution is -2.51. The lowest BCUT2D eigenvalue weighted by Gasteiger charge is -2.35. The number of anilines is 1. The highest BCUT2D eigenvalue weighted by Crippen LogP contribution is 2.44. The quantitative estimate of drug-likeness (QED) is 0.207. The summed E-state index contributed by atoms with van der Waals surface area (Å²) in [4.78, 5) is 32.8. The molecule has 276 valence electrons. The van der Waals surface area contributed by atoms with Crippen molar-refractivity contribution in [2.45, 2.75) is 82.5 Å². The number of hydrogen-bond donors (Lipinski definition) is 1. The summed E-state index contributed by atoms with van der Waals surface area (Å²) in [7, 11) is 3.36. The maximum absolute atomic E-state index is 17.3. The Morgan fingerprint density at radius 3 is 2.56 bits per heavy atom. The van der Waals surface area contributed by atoms with E-state index in [1.165, 1.54) is 11.0 Å². The monoisotopic (exact) mass is 715 g/mol. The number of halogens is 2. The van der Waals surface area contributed by atoms with E-state index >= 15 is 8.78 Å². The molecule has 0 radical (unpaired) electrons. The summed E-state index contributed by atoms with van der Waals surface area (Å²) in [6, 6.07) is 9.46. The first-order chi connectivity index (χ1) is 25.2. The molecule has 1 amide bonds. The highest BCUT2D eigenvalue weighted by Gasteiger charge is 2.50. The van der Waals surface area contributed by atoms with E-state index in [1.807, 2.05) is 26.0 Å². The van der Waals surface area contributed by atoms with Crippen LogP contribution in [0, 0.1) is 11.6 Å². The normalized spacial score (nSPS) is 24.1. The van der Waals surface area contributed by atoms with Gasteiger partial charge in [0.2, 0.25) is 5.88 Å². The van der Waals surface area contributed by atoms with Gasteiger partial charge in [-0.05, 0) is 80.8 Å². The number of nitrogens with zero attached hydrogens (tertiary/aromatic N) is 6. The first-order valence-corrected chi connectivity index (χ1v) is 18.7. The second-order valence-electron chi connectivity index (χ2n) is 14.9. The van der Waals surface area contributed by atoms with Crippen LogP contribution in [-0.4, -0.2) is 108 Å². The van der Waals surface area contributed by atoms with E-state index in [1.54, 1.807) is 26.2 Å². The van der Waals surface area contributed by atoms with Crippen LogP contribution in [0.15, 0.2) is 30.3 Å². The zero-order valence-electron chi connectivity index (χ0n) is 30.4. The van der Waals surface area contributed by atoms with Crippen LogP contribution in [0.1, 0.15) is 57.9 Å². The minimum Gasteiger partial charge on any atom is -0.477 e. The SMILES string of the molecule is CCOc1nc(-c2cccc3ccc(F)c(CC)c23)c(F)c2nc(OC[C@]34CCCN3[C@@H](COC(=O)N(C)C)CC4)nc(N3CC4CCC(C3)N4)c12. The molecule has 6 heterocycles. The second-order valence-corrected chi connectivity index (χ2v) is 14.9. The van der Waals surface area contributed by atoms with E-state index < -0.39 is 5.82 Å². The van der Waals surface area contributed by atoms with Crippen LogP contribution < -0.4 is 19.7 Å². The van der Waals surface area contributed by atoms with Gasteiger partial charge >= 0.3 is 12.1 Å². The number of amides is 1. The van der Waals surface area contributed by atoms with Crippen LogP contribution in [0.5, 0.6) is 11.9 Å². The predicted molar refractivity (Wildman–Crippen MR) is 195 cm³/mol. The van der Waals surface area contributed by atoms with Gasteiger partial charge in [-0.2, -0.15) is 9.97 Å². The Kier molecular flexibility index (Phi) is 9.27. The van der Waals surface area contributed by atoms with Gasteiger partial charge in [0.05, 0.1) is 12.1 Å². The van der Waals surface area contributed by atoms with Gasteiger partial charge < -0.3 is 29.3 Å². The minimum atomic E-state index is -0.631. The maximum Gasteiger partial charge on any atom is 0.409 e. The third-order valence-electron chi connectivity index (χ3n) is 11.5. The van der Waals surface area contributed by atoms with Crippen molar-refractivity contribution in [3.8, 4) is 23.1 Å². The molecule has 4 saturated heterocycles. The summed E-state index contributed by atoms with van der Waals surface area (Å²) < 4.78 is 50.8. The number of hydrogen-bond acceptors (Lipinski definition) is 10. The number of ether oxygens (including phenoxy) is 3. The Morgan fingerprint density at radius 2 is 1.81 bits per heavy atom. The molecule has 2 aromatic carbocycles. The topological polar surface area (TPSA) is 105 Å². The number of aromatic nitrogens is 3. The largest absolute Gasteiger partial charge is 0.477 e. The fourth-order valence-corrected chi connectivity index (χ4v) is 9.04. The number of rotatable bonds is 10. The first kappa shape index (κ1) is 34.7. The molecule has 4 aliphatic heterocycles. The molecule has 0 saturated carbocycles.